The average molecular weight is 416 g/mol. The Morgan fingerprint density at radius 3 is 2.00 bits per heavy atom. The van der Waals surface area contributed by atoms with Crippen molar-refractivity contribution in [3.05, 3.63) is 30.3 Å². The summed E-state index contributed by atoms with van der Waals surface area (Å²) in [7, 11) is -5.43. The van der Waals surface area contributed by atoms with Gasteiger partial charge in [0.25, 0.3) is 0 Å². The second-order valence-corrected chi connectivity index (χ2v) is 8.22. The van der Waals surface area contributed by atoms with Gasteiger partial charge in [0.2, 0.25) is 0 Å². The van der Waals surface area contributed by atoms with E-state index in [0.29, 0.717) is 12.8 Å². The van der Waals surface area contributed by atoms with Crippen LogP contribution in [0.25, 0.3) is 0 Å². The van der Waals surface area contributed by atoms with Crippen molar-refractivity contribution in [1.29, 1.82) is 0 Å². The number of rotatable bonds is 14. The highest BCUT2D eigenvalue weighted by molar-refractivity contribution is 7.88. The molecule has 1 rings (SSSR count). The van der Waals surface area contributed by atoms with Gasteiger partial charge in [-0.1, -0.05) is 70.1 Å². The molecule has 28 heavy (non-hydrogen) atoms. The third-order valence-corrected chi connectivity index (χ3v) is 5.86. The minimum Gasteiger partial charge on any atom is -0.481 e. The van der Waals surface area contributed by atoms with Gasteiger partial charge in [-0.05, 0) is 18.6 Å². The van der Waals surface area contributed by atoms with Crippen molar-refractivity contribution in [3.63, 3.8) is 0 Å². The van der Waals surface area contributed by atoms with Crippen LogP contribution in [0.4, 0.5) is 0 Å². The summed E-state index contributed by atoms with van der Waals surface area (Å²) in [6.45, 7) is 2.09. The van der Waals surface area contributed by atoms with E-state index in [4.69, 9.17) is 4.74 Å². The Hall–Kier alpha value is -2.13. The van der Waals surface area contributed by atoms with E-state index in [1.54, 1.807) is 6.07 Å². The molecule has 158 valence electrons. The zero-order chi connectivity index (χ0) is 21.2. The molecule has 0 radical (unpaired) electrons. The lowest BCUT2D eigenvalue weighted by molar-refractivity contribution is -0.162. The number of carbonyl (C=O) groups is 2. The van der Waals surface area contributed by atoms with Gasteiger partial charge in [-0.2, -0.15) is 8.42 Å². The van der Waals surface area contributed by atoms with Crippen molar-refractivity contribution in [3.8, 4) is 5.75 Å². The van der Waals surface area contributed by atoms with Crippen LogP contribution in [0.5, 0.6) is 5.75 Å². The fraction of sp³-hybridized carbons (Fsp3) is 0.579. The number of aliphatic carboxylic acids is 2. The molecule has 0 heterocycles. The molecule has 0 fully saturated rings. The fourth-order valence-corrected chi connectivity index (χ4v) is 4.05. The van der Waals surface area contributed by atoms with Crippen LogP contribution in [-0.4, -0.2) is 40.1 Å². The number of ether oxygens (including phenoxy) is 1. The molecule has 0 saturated carbocycles. The number of unbranched alkanes of at least 4 members (excludes halogenated alkanes) is 6. The summed E-state index contributed by atoms with van der Waals surface area (Å²) in [6.07, 6.45) is 5.71. The van der Waals surface area contributed by atoms with Crippen LogP contribution in [0, 0.1) is 5.92 Å². The highest BCUT2D eigenvalue weighted by atomic mass is 32.2. The van der Waals surface area contributed by atoms with E-state index in [2.05, 4.69) is 6.92 Å². The van der Waals surface area contributed by atoms with E-state index >= 15 is 0 Å². The van der Waals surface area contributed by atoms with E-state index < -0.39 is 32.9 Å². The van der Waals surface area contributed by atoms with E-state index in [9.17, 15) is 32.8 Å². The number of carboxylic acid groups (broad SMARTS) is 2. The topological polar surface area (TPSA) is 138 Å². The van der Waals surface area contributed by atoms with Gasteiger partial charge in [-0.15, -0.1) is 0 Å². The maximum atomic E-state index is 12.0. The van der Waals surface area contributed by atoms with Gasteiger partial charge in [-0.3, -0.25) is 9.35 Å². The molecule has 0 aliphatic rings. The second-order valence-electron chi connectivity index (χ2n) is 6.66. The van der Waals surface area contributed by atoms with Crippen molar-refractivity contribution in [2.45, 2.75) is 63.2 Å². The molecule has 0 aromatic heterocycles. The van der Waals surface area contributed by atoms with Crippen molar-refractivity contribution in [2.75, 3.05) is 0 Å². The number of hydrogen-bond donors (Lipinski definition) is 3. The van der Waals surface area contributed by atoms with Crippen molar-refractivity contribution in [1.82, 2.24) is 0 Å². The molecule has 0 bridgehead atoms. The molecule has 1 aromatic rings. The highest BCUT2D eigenvalue weighted by Gasteiger charge is 2.62. The molecular weight excluding hydrogens is 388 g/mol. The number of carboxylic acids is 2. The molecule has 2 unspecified atom stereocenters. The van der Waals surface area contributed by atoms with Gasteiger partial charge in [0.1, 0.15) is 11.7 Å². The van der Waals surface area contributed by atoms with Crippen LogP contribution in [0.15, 0.2) is 30.3 Å². The van der Waals surface area contributed by atoms with E-state index in [0.717, 1.165) is 32.1 Å². The molecular formula is C19H28O8S. The number of para-hydroxylation sites is 1. The number of benzene rings is 1. The van der Waals surface area contributed by atoms with E-state index in [1.807, 2.05) is 0 Å². The quantitative estimate of drug-likeness (QED) is 0.309. The Balaban J connectivity index is 3.06. The van der Waals surface area contributed by atoms with Gasteiger partial charge in [-0.25, -0.2) is 4.79 Å². The minimum atomic E-state index is -5.43. The van der Waals surface area contributed by atoms with E-state index in [1.165, 1.54) is 24.3 Å². The lowest BCUT2D eigenvalue weighted by atomic mass is 9.94. The zero-order valence-corrected chi connectivity index (χ0v) is 16.7. The zero-order valence-electron chi connectivity index (χ0n) is 15.9. The summed E-state index contributed by atoms with van der Waals surface area (Å²) < 4.78 is 38.9. The third-order valence-electron chi connectivity index (χ3n) is 4.55. The largest absolute Gasteiger partial charge is 0.481 e. The molecule has 0 aliphatic heterocycles. The Morgan fingerprint density at radius 1 is 1.00 bits per heavy atom. The molecule has 0 spiro atoms. The summed E-state index contributed by atoms with van der Waals surface area (Å²) in [5.41, 5.74) is 0. The Morgan fingerprint density at radius 2 is 1.54 bits per heavy atom. The van der Waals surface area contributed by atoms with Gasteiger partial charge in [0.15, 0.2) is 0 Å². The fourth-order valence-electron chi connectivity index (χ4n) is 3.05. The van der Waals surface area contributed by atoms with Crippen LogP contribution in [0.3, 0.4) is 0 Å². The standard InChI is InChI=1S/C19H28O8S/c1-2-3-4-5-6-7-11-14-16(17(20)21)19(18(22)23,28(24,25)26)27-15-12-9-8-10-13-15/h8-10,12-13,16H,2-7,11,14H2,1H3,(H,20,21)(H,22,23)(H,24,25,26). The van der Waals surface area contributed by atoms with Crippen LogP contribution in [0.1, 0.15) is 58.3 Å². The molecule has 1 aromatic carbocycles. The first-order valence-electron chi connectivity index (χ1n) is 9.34. The van der Waals surface area contributed by atoms with E-state index in [-0.39, 0.29) is 12.2 Å². The minimum absolute atomic E-state index is 0.173. The third kappa shape index (κ3) is 6.20. The maximum Gasteiger partial charge on any atom is 0.367 e. The van der Waals surface area contributed by atoms with Crippen LogP contribution in [0.2, 0.25) is 0 Å². The maximum absolute atomic E-state index is 12.0. The van der Waals surface area contributed by atoms with Gasteiger partial charge in [0.05, 0.1) is 0 Å². The summed E-state index contributed by atoms with van der Waals surface area (Å²) in [5, 5.41) is 19.2. The SMILES string of the molecule is CCCCCCCCCC(C(=O)O)C(Oc1ccccc1)(C(=O)O)S(=O)(=O)O. The first-order chi connectivity index (χ1) is 13.2. The molecule has 2 atom stereocenters. The molecule has 0 saturated heterocycles. The molecule has 9 heteroatoms. The highest BCUT2D eigenvalue weighted by Crippen LogP contribution is 2.34. The predicted molar refractivity (Wildman–Crippen MR) is 103 cm³/mol. The van der Waals surface area contributed by atoms with Gasteiger partial charge < -0.3 is 14.9 Å². The Labute approximate surface area is 165 Å². The van der Waals surface area contributed by atoms with Crippen molar-refractivity contribution in [2.24, 2.45) is 5.92 Å². The predicted octanol–water partition coefficient (Wildman–Crippen LogP) is 3.58. The lowest BCUT2D eigenvalue weighted by Gasteiger charge is -2.32. The van der Waals surface area contributed by atoms with Crippen LogP contribution >= 0.6 is 0 Å². The molecule has 0 amide bonds. The smallest absolute Gasteiger partial charge is 0.367 e. The molecule has 8 nitrogen and oxygen atoms in total. The summed E-state index contributed by atoms with van der Waals surface area (Å²) in [4.78, 5) is 20.3. The van der Waals surface area contributed by atoms with Crippen molar-refractivity contribution < 1.29 is 37.5 Å². The summed E-state index contributed by atoms with van der Waals surface area (Å²) >= 11 is 0. The Bertz CT molecular complexity index is 732. The second kappa shape index (κ2) is 11.0. The van der Waals surface area contributed by atoms with Crippen LogP contribution in [-0.2, 0) is 19.7 Å². The first-order valence-corrected chi connectivity index (χ1v) is 10.8. The molecule has 0 aliphatic carbocycles. The molecule has 3 N–H and O–H groups in total. The Kier molecular flexibility index (Phi) is 9.40. The average Bonchev–Trinajstić information content (AvgIpc) is 2.62. The van der Waals surface area contributed by atoms with Crippen LogP contribution < -0.4 is 4.74 Å². The lowest BCUT2D eigenvalue weighted by Crippen LogP contribution is -2.59. The first kappa shape index (κ1) is 23.9. The van der Waals surface area contributed by atoms with Gasteiger partial charge >= 0.3 is 27.0 Å². The van der Waals surface area contributed by atoms with Crippen molar-refractivity contribution >= 4 is 22.1 Å². The number of hydrogen-bond acceptors (Lipinski definition) is 5. The monoisotopic (exact) mass is 416 g/mol. The van der Waals surface area contributed by atoms with Gasteiger partial charge in [0, 0.05) is 0 Å². The summed E-state index contributed by atoms with van der Waals surface area (Å²) in [6, 6.07) is 7.11. The normalized spacial score (nSPS) is 14.8. The summed E-state index contributed by atoms with van der Waals surface area (Å²) in [5.74, 6) is -5.89.